The van der Waals surface area contributed by atoms with Crippen LogP contribution in [0.15, 0.2) is 42.5 Å². The summed E-state index contributed by atoms with van der Waals surface area (Å²) in [6, 6.07) is 9.04. The van der Waals surface area contributed by atoms with E-state index >= 15 is 0 Å². The minimum atomic E-state index is -4.58. The molecule has 0 radical (unpaired) electrons. The zero-order valence-electron chi connectivity index (χ0n) is 13.6. The second-order valence-electron chi connectivity index (χ2n) is 5.73. The summed E-state index contributed by atoms with van der Waals surface area (Å²) in [5.74, 6) is -0.190. The van der Waals surface area contributed by atoms with Crippen molar-refractivity contribution < 1.29 is 22.7 Å². The first-order chi connectivity index (χ1) is 12.3. The van der Waals surface area contributed by atoms with Crippen LogP contribution >= 0.6 is 0 Å². The molecule has 1 aromatic heterocycles. The molecule has 26 heavy (non-hydrogen) atoms. The van der Waals surface area contributed by atoms with Crippen molar-refractivity contribution in [3.63, 3.8) is 0 Å². The van der Waals surface area contributed by atoms with Crippen LogP contribution in [-0.4, -0.2) is 25.3 Å². The Bertz CT molecular complexity index is 923. The van der Waals surface area contributed by atoms with Gasteiger partial charge in [-0.1, -0.05) is 18.2 Å². The number of aryl methyl sites for hydroxylation is 1. The minimum absolute atomic E-state index is 0.185. The van der Waals surface area contributed by atoms with Gasteiger partial charge in [-0.05, 0) is 47.5 Å². The van der Waals surface area contributed by atoms with E-state index in [1.807, 2.05) is 0 Å². The molecule has 5 nitrogen and oxygen atoms in total. The number of tetrazole rings is 1. The van der Waals surface area contributed by atoms with E-state index in [0.717, 1.165) is 10.9 Å². The molecule has 1 heterocycles. The van der Waals surface area contributed by atoms with Crippen molar-refractivity contribution in [1.29, 1.82) is 0 Å². The van der Waals surface area contributed by atoms with Gasteiger partial charge < -0.3 is 5.11 Å². The molecule has 0 aliphatic heterocycles. The highest BCUT2D eigenvalue weighted by Crippen LogP contribution is 2.34. The molecule has 3 aromatic rings. The van der Waals surface area contributed by atoms with Crippen LogP contribution in [0, 0.1) is 12.7 Å². The van der Waals surface area contributed by atoms with Gasteiger partial charge in [0.1, 0.15) is 11.9 Å². The maximum atomic E-state index is 13.3. The van der Waals surface area contributed by atoms with Crippen molar-refractivity contribution in [1.82, 2.24) is 20.2 Å². The van der Waals surface area contributed by atoms with Crippen molar-refractivity contribution in [3.8, 4) is 11.4 Å². The summed E-state index contributed by atoms with van der Waals surface area (Å²) in [4.78, 5) is 1.01. The van der Waals surface area contributed by atoms with Gasteiger partial charge in [0, 0.05) is 5.56 Å². The van der Waals surface area contributed by atoms with Gasteiger partial charge in [-0.25, -0.2) is 4.39 Å². The molecule has 0 fully saturated rings. The number of alkyl halides is 3. The van der Waals surface area contributed by atoms with E-state index in [-0.39, 0.29) is 23.7 Å². The second-order valence-corrected chi connectivity index (χ2v) is 5.73. The molecule has 3 rings (SSSR count). The van der Waals surface area contributed by atoms with Crippen LogP contribution in [0.25, 0.3) is 11.4 Å². The molecule has 0 bridgehead atoms. The largest absolute Gasteiger partial charge is 0.416 e. The Balaban J connectivity index is 1.82. The van der Waals surface area contributed by atoms with Crippen molar-refractivity contribution >= 4 is 0 Å². The third kappa shape index (κ3) is 3.72. The topological polar surface area (TPSA) is 63.8 Å². The number of hydrogen-bond donors (Lipinski definition) is 1. The van der Waals surface area contributed by atoms with Crippen LogP contribution in [-0.2, 0) is 12.7 Å². The number of benzene rings is 2. The number of rotatable bonds is 4. The van der Waals surface area contributed by atoms with E-state index in [9.17, 15) is 22.7 Å². The maximum Gasteiger partial charge on any atom is 0.416 e. The average molecular weight is 366 g/mol. The van der Waals surface area contributed by atoms with Gasteiger partial charge in [0.15, 0.2) is 0 Å². The van der Waals surface area contributed by atoms with Crippen LogP contribution < -0.4 is 0 Å². The Morgan fingerprint density at radius 3 is 2.58 bits per heavy atom. The first kappa shape index (κ1) is 18.0. The van der Waals surface area contributed by atoms with Crippen LogP contribution in [0.2, 0.25) is 0 Å². The van der Waals surface area contributed by atoms with E-state index in [2.05, 4.69) is 15.4 Å². The molecular weight excluding hydrogens is 352 g/mol. The van der Waals surface area contributed by atoms with E-state index in [4.69, 9.17) is 0 Å². The lowest BCUT2D eigenvalue weighted by Crippen LogP contribution is -2.17. The number of hydrogen-bond acceptors (Lipinski definition) is 4. The normalized spacial score (nSPS) is 13.0. The maximum absolute atomic E-state index is 13.3. The summed E-state index contributed by atoms with van der Waals surface area (Å²) in [5, 5.41) is 21.8. The molecule has 0 amide bonds. The molecular formula is C17H14F4N4O. The Morgan fingerprint density at radius 1 is 1.15 bits per heavy atom. The van der Waals surface area contributed by atoms with E-state index in [0.29, 0.717) is 11.1 Å². The molecule has 136 valence electrons. The Morgan fingerprint density at radius 2 is 1.88 bits per heavy atom. The van der Waals surface area contributed by atoms with Gasteiger partial charge in [0.25, 0.3) is 0 Å². The molecule has 9 heteroatoms. The molecule has 2 aromatic carbocycles. The lowest BCUT2D eigenvalue weighted by molar-refractivity contribution is -0.139. The lowest BCUT2D eigenvalue weighted by atomic mass is 10.0. The number of halogens is 4. The van der Waals surface area contributed by atoms with Crippen LogP contribution in [0.1, 0.15) is 22.8 Å². The first-order valence-electron chi connectivity index (χ1n) is 7.64. The van der Waals surface area contributed by atoms with Gasteiger partial charge in [0.2, 0.25) is 5.82 Å². The minimum Gasteiger partial charge on any atom is -0.386 e. The Labute approximate surface area is 145 Å². The summed E-state index contributed by atoms with van der Waals surface area (Å²) < 4.78 is 52.5. The van der Waals surface area contributed by atoms with E-state index in [1.165, 1.54) is 36.4 Å². The van der Waals surface area contributed by atoms with Crippen molar-refractivity contribution in [2.75, 3.05) is 0 Å². The van der Waals surface area contributed by atoms with Gasteiger partial charge in [-0.15, -0.1) is 10.2 Å². The standard InChI is InChI=1S/C17H14F4N4O/c1-10-8-11(6-7-14(10)18)16-22-24-25(23-16)9-15(26)12-4-2-3-5-13(12)17(19,20)21/h2-8,15,26H,9H2,1H3/t15-/m1/s1. The molecule has 0 aliphatic rings. The Kier molecular flexibility index (Phi) is 4.73. The molecule has 0 aliphatic carbocycles. The summed E-state index contributed by atoms with van der Waals surface area (Å²) in [6.45, 7) is 1.28. The molecule has 0 spiro atoms. The molecule has 0 saturated heterocycles. The monoisotopic (exact) mass is 366 g/mol. The van der Waals surface area contributed by atoms with Gasteiger partial charge >= 0.3 is 6.18 Å². The first-order valence-corrected chi connectivity index (χ1v) is 7.64. The van der Waals surface area contributed by atoms with Crippen molar-refractivity contribution in [2.45, 2.75) is 25.7 Å². The fourth-order valence-electron chi connectivity index (χ4n) is 2.52. The predicted molar refractivity (Wildman–Crippen MR) is 84.4 cm³/mol. The van der Waals surface area contributed by atoms with Crippen LogP contribution in [0.5, 0.6) is 0 Å². The van der Waals surface area contributed by atoms with Gasteiger partial charge in [-0.2, -0.15) is 18.0 Å². The highest BCUT2D eigenvalue weighted by atomic mass is 19.4. The van der Waals surface area contributed by atoms with Gasteiger partial charge in [0.05, 0.1) is 12.1 Å². The molecule has 1 atom stereocenters. The predicted octanol–water partition coefficient (Wildman–Crippen LogP) is 3.54. The fourth-order valence-corrected chi connectivity index (χ4v) is 2.52. The van der Waals surface area contributed by atoms with Crippen LogP contribution in [0.3, 0.4) is 0 Å². The average Bonchev–Trinajstić information content (AvgIpc) is 3.05. The summed E-state index contributed by atoms with van der Waals surface area (Å²) in [5.41, 5.74) is -0.267. The van der Waals surface area contributed by atoms with Crippen molar-refractivity contribution in [2.24, 2.45) is 0 Å². The Hall–Kier alpha value is -2.81. The number of nitrogens with zero attached hydrogens (tertiary/aromatic N) is 4. The van der Waals surface area contributed by atoms with Crippen molar-refractivity contribution in [3.05, 3.63) is 65.0 Å². The lowest BCUT2D eigenvalue weighted by Gasteiger charge is -2.16. The number of aliphatic hydroxyl groups excluding tert-OH is 1. The smallest absolute Gasteiger partial charge is 0.386 e. The molecule has 1 N–H and O–H groups in total. The van der Waals surface area contributed by atoms with Gasteiger partial charge in [-0.3, -0.25) is 0 Å². The zero-order chi connectivity index (χ0) is 18.9. The third-order valence-corrected chi connectivity index (χ3v) is 3.83. The summed E-state index contributed by atoms with van der Waals surface area (Å²) in [7, 11) is 0. The van der Waals surface area contributed by atoms with Crippen LogP contribution in [0.4, 0.5) is 17.6 Å². The molecule has 0 saturated carbocycles. The second kappa shape index (κ2) is 6.83. The highest BCUT2D eigenvalue weighted by Gasteiger charge is 2.34. The summed E-state index contributed by atoms with van der Waals surface area (Å²) >= 11 is 0. The fraction of sp³-hybridized carbons (Fsp3) is 0.235. The zero-order valence-corrected chi connectivity index (χ0v) is 13.6. The van der Waals surface area contributed by atoms with E-state index < -0.39 is 17.8 Å². The number of aliphatic hydroxyl groups is 1. The SMILES string of the molecule is Cc1cc(-c2nnn(C[C@@H](O)c3ccccc3C(F)(F)F)n2)ccc1F. The number of aromatic nitrogens is 4. The quantitative estimate of drug-likeness (QED) is 0.718. The highest BCUT2D eigenvalue weighted by molar-refractivity contribution is 5.55. The molecule has 0 unspecified atom stereocenters. The third-order valence-electron chi connectivity index (χ3n) is 3.83. The van der Waals surface area contributed by atoms with E-state index in [1.54, 1.807) is 6.92 Å². The summed E-state index contributed by atoms with van der Waals surface area (Å²) in [6.07, 6.45) is -6.05.